The molecule has 0 amide bonds. The lowest BCUT2D eigenvalue weighted by Crippen LogP contribution is -2.15. The van der Waals surface area contributed by atoms with Gasteiger partial charge in [-0.05, 0) is 36.6 Å². The van der Waals surface area contributed by atoms with Crippen LogP contribution in [0.1, 0.15) is 18.4 Å². The van der Waals surface area contributed by atoms with Crippen LogP contribution in [0.3, 0.4) is 0 Å². The summed E-state index contributed by atoms with van der Waals surface area (Å²) in [5.74, 6) is 1.17. The number of aromatic nitrogens is 1. The number of ether oxygens (including phenoxy) is 1. The number of rotatable bonds is 6. The summed E-state index contributed by atoms with van der Waals surface area (Å²) in [5.41, 5.74) is 1.10. The molecule has 0 spiro atoms. The van der Waals surface area contributed by atoms with Crippen molar-refractivity contribution >= 4 is 5.69 Å². The molecule has 0 saturated heterocycles. The minimum absolute atomic E-state index is 0.0443. The normalized spacial score (nSPS) is 13.9. The van der Waals surface area contributed by atoms with E-state index >= 15 is 0 Å². The van der Waals surface area contributed by atoms with Gasteiger partial charge in [-0.15, -0.1) is 0 Å². The van der Waals surface area contributed by atoms with Gasteiger partial charge in [-0.2, -0.15) is 0 Å². The first-order valence-electron chi connectivity index (χ1n) is 6.80. The fourth-order valence-electron chi connectivity index (χ4n) is 1.94. The summed E-state index contributed by atoms with van der Waals surface area (Å²) in [4.78, 5) is 14.3. The highest BCUT2D eigenvalue weighted by Gasteiger charge is 2.20. The Hall–Kier alpha value is -2.47. The van der Waals surface area contributed by atoms with E-state index in [0.717, 1.165) is 12.1 Å². The van der Waals surface area contributed by atoms with Gasteiger partial charge in [0.25, 0.3) is 5.69 Å². The zero-order valence-electron chi connectivity index (χ0n) is 11.4. The molecule has 1 heterocycles. The number of hydrogen-bond acceptors (Lipinski definition) is 5. The van der Waals surface area contributed by atoms with Crippen molar-refractivity contribution in [1.82, 2.24) is 10.3 Å². The van der Waals surface area contributed by atoms with Gasteiger partial charge < -0.3 is 10.1 Å². The molecular formula is C15H15N3O3. The number of nitrogens with zero attached hydrogens (tertiary/aromatic N) is 2. The van der Waals surface area contributed by atoms with Crippen molar-refractivity contribution in [3.05, 3.63) is 58.4 Å². The maximum absolute atomic E-state index is 10.6. The Kier molecular flexibility index (Phi) is 3.79. The van der Waals surface area contributed by atoms with Gasteiger partial charge in [0.05, 0.1) is 11.1 Å². The average Bonchev–Trinajstić information content (AvgIpc) is 3.30. The number of non-ortho nitro benzene ring substituents is 1. The van der Waals surface area contributed by atoms with Gasteiger partial charge in [0.1, 0.15) is 11.5 Å². The highest BCUT2D eigenvalue weighted by atomic mass is 16.6. The SMILES string of the molecule is O=[N+]([O-])c1ccc(Oc2cncc(CNC3CC3)c2)cc1. The van der Waals surface area contributed by atoms with Crippen molar-refractivity contribution < 1.29 is 9.66 Å². The Bertz CT molecular complexity index is 639. The third-order valence-electron chi connectivity index (χ3n) is 3.23. The van der Waals surface area contributed by atoms with Crippen molar-refractivity contribution in [2.75, 3.05) is 0 Å². The molecule has 1 N–H and O–H groups in total. The molecule has 1 aromatic carbocycles. The van der Waals surface area contributed by atoms with Crippen LogP contribution in [0.15, 0.2) is 42.7 Å². The summed E-state index contributed by atoms with van der Waals surface area (Å²) in [6.07, 6.45) is 5.92. The molecule has 21 heavy (non-hydrogen) atoms. The van der Waals surface area contributed by atoms with Gasteiger partial charge in [-0.25, -0.2) is 0 Å². The summed E-state index contributed by atoms with van der Waals surface area (Å²) in [5, 5.41) is 14.0. The Morgan fingerprint density at radius 2 is 2.00 bits per heavy atom. The van der Waals surface area contributed by atoms with Crippen LogP contribution in [-0.4, -0.2) is 15.9 Å². The summed E-state index contributed by atoms with van der Waals surface area (Å²) in [6.45, 7) is 0.773. The van der Waals surface area contributed by atoms with E-state index in [2.05, 4.69) is 10.3 Å². The fourth-order valence-corrected chi connectivity index (χ4v) is 1.94. The number of pyridine rings is 1. The lowest BCUT2D eigenvalue weighted by molar-refractivity contribution is -0.384. The third kappa shape index (κ3) is 3.76. The zero-order valence-corrected chi connectivity index (χ0v) is 11.4. The second kappa shape index (κ2) is 5.88. The van der Waals surface area contributed by atoms with Crippen LogP contribution in [0, 0.1) is 10.1 Å². The number of benzene rings is 1. The Labute approximate surface area is 121 Å². The highest BCUT2D eigenvalue weighted by Crippen LogP contribution is 2.24. The van der Waals surface area contributed by atoms with E-state index in [0.29, 0.717) is 17.5 Å². The first kappa shape index (κ1) is 13.5. The molecule has 2 aromatic rings. The van der Waals surface area contributed by atoms with Crippen LogP contribution in [0.2, 0.25) is 0 Å². The van der Waals surface area contributed by atoms with Crippen LogP contribution >= 0.6 is 0 Å². The van der Waals surface area contributed by atoms with Crippen molar-refractivity contribution in [3.8, 4) is 11.5 Å². The molecule has 1 aromatic heterocycles. The Morgan fingerprint density at radius 3 is 2.67 bits per heavy atom. The number of hydrogen-bond donors (Lipinski definition) is 1. The standard InChI is InChI=1S/C15H15N3O3/c19-18(20)13-3-5-14(6-4-13)21-15-7-11(8-16-10-15)9-17-12-1-2-12/h3-8,10,12,17H,1-2,9H2. The first-order chi connectivity index (χ1) is 10.2. The fraction of sp³-hybridized carbons (Fsp3) is 0.267. The van der Waals surface area contributed by atoms with E-state index in [-0.39, 0.29) is 5.69 Å². The van der Waals surface area contributed by atoms with Crippen LogP contribution in [-0.2, 0) is 6.54 Å². The largest absolute Gasteiger partial charge is 0.456 e. The molecule has 1 fully saturated rings. The van der Waals surface area contributed by atoms with Crippen LogP contribution in [0.4, 0.5) is 5.69 Å². The molecule has 0 atom stereocenters. The van der Waals surface area contributed by atoms with Gasteiger partial charge >= 0.3 is 0 Å². The van der Waals surface area contributed by atoms with Gasteiger partial charge in [0.2, 0.25) is 0 Å². The van der Waals surface area contributed by atoms with Crippen molar-refractivity contribution in [1.29, 1.82) is 0 Å². The summed E-state index contributed by atoms with van der Waals surface area (Å²) >= 11 is 0. The second-order valence-corrected chi connectivity index (χ2v) is 5.04. The molecule has 3 rings (SSSR count). The van der Waals surface area contributed by atoms with Gasteiger partial charge in [0, 0.05) is 30.9 Å². The average molecular weight is 285 g/mol. The van der Waals surface area contributed by atoms with Crippen molar-refractivity contribution in [2.24, 2.45) is 0 Å². The predicted octanol–water partition coefficient (Wildman–Crippen LogP) is 3.03. The van der Waals surface area contributed by atoms with E-state index in [4.69, 9.17) is 4.74 Å². The van der Waals surface area contributed by atoms with Crippen LogP contribution in [0.5, 0.6) is 11.5 Å². The van der Waals surface area contributed by atoms with Crippen LogP contribution < -0.4 is 10.1 Å². The van der Waals surface area contributed by atoms with Gasteiger partial charge in [-0.1, -0.05) is 0 Å². The van der Waals surface area contributed by atoms with E-state index in [1.54, 1.807) is 24.5 Å². The lowest BCUT2D eigenvalue weighted by atomic mass is 10.2. The third-order valence-corrected chi connectivity index (χ3v) is 3.23. The van der Waals surface area contributed by atoms with E-state index in [1.807, 2.05) is 6.07 Å². The summed E-state index contributed by atoms with van der Waals surface area (Å²) in [6, 6.07) is 8.55. The van der Waals surface area contributed by atoms with E-state index in [9.17, 15) is 10.1 Å². The number of nitro benzene ring substituents is 1. The number of nitro groups is 1. The molecule has 0 bridgehead atoms. The maximum atomic E-state index is 10.6. The molecule has 6 heteroatoms. The molecule has 1 aliphatic rings. The van der Waals surface area contributed by atoms with Crippen molar-refractivity contribution in [2.45, 2.75) is 25.4 Å². The summed E-state index contributed by atoms with van der Waals surface area (Å²) < 4.78 is 5.66. The zero-order chi connectivity index (χ0) is 14.7. The topological polar surface area (TPSA) is 77.3 Å². The molecule has 108 valence electrons. The van der Waals surface area contributed by atoms with E-state index in [1.165, 1.54) is 25.0 Å². The molecule has 1 aliphatic carbocycles. The quantitative estimate of drug-likeness (QED) is 0.652. The smallest absolute Gasteiger partial charge is 0.269 e. The molecular weight excluding hydrogens is 270 g/mol. The molecule has 6 nitrogen and oxygen atoms in total. The summed E-state index contributed by atoms with van der Waals surface area (Å²) in [7, 11) is 0. The molecule has 1 saturated carbocycles. The second-order valence-electron chi connectivity index (χ2n) is 5.04. The minimum Gasteiger partial charge on any atom is -0.456 e. The minimum atomic E-state index is -0.435. The van der Waals surface area contributed by atoms with Crippen molar-refractivity contribution in [3.63, 3.8) is 0 Å². The maximum Gasteiger partial charge on any atom is 0.269 e. The molecule has 0 unspecified atom stereocenters. The monoisotopic (exact) mass is 285 g/mol. The first-order valence-corrected chi connectivity index (χ1v) is 6.80. The lowest BCUT2D eigenvalue weighted by Gasteiger charge is -2.07. The molecule has 0 radical (unpaired) electrons. The Morgan fingerprint density at radius 1 is 1.24 bits per heavy atom. The highest BCUT2D eigenvalue weighted by molar-refractivity contribution is 5.38. The van der Waals surface area contributed by atoms with Crippen LogP contribution in [0.25, 0.3) is 0 Å². The number of nitrogens with one attached hydrogen (secondary N) is 1. The van der Waals surface area contributed by atoms with Gasteiger partial charge in [0.15, 0.2) is 0 Å². The van der Waals surface area contributed by atoms with Gasteiger partial charge in [-0.3, -0.25) is 15.1 Å². The van der Waals surface area contributed by atoms with E-state index < -0.39 is 4.92 Å². The predicted molar refractivity (Wildman–Crippen MR) is 77.3 cm³/mol. The Balaban J connectivity index is 1.65. The molecule has 0 aliphatic heterocycles.